The summed E-state index contributed by atoms with van der Waals surface area (Å²) < 4.78 is 34.2. The number of hydrogen-bond donors (Lipinski definition) is 1. The quantitative estimate of drug-likeness (QED) is 0.608. The van der Waals surface area contributed by atoms with Crippen molar-refractivity contribution in [3.8, 4) is 5.75 Å². The fraction of sp³-hybridized carbons (Fsp3) is 0.458. The minimum absolute atomic E-state index is 0.00326. The number of rotatable bonds is 6. The van der Waals surface area contributed by atoms with Gasteiger partial charge < -0.3 is 9.84 Å². The first-order chi connectivity index (χ1) is 14.8. The number of hydrogen-bond acceptors (Lipinski definition) is 3. The third-order valence-corrected chi connectivity index (χ3v) is 7.33. The summed E-state index contributed by atoms with van der Waals surface area (Å²) in [5.41, 5.74) is 1.37. The lowest BCUT2D eigenvalue weighted by molar-refractivity contribution is 0.0506. The van der Waals surface area contributed by atoms with E-state index in [0.29, 0.717) is 16.7 Å². The Kier molecular flexibility index (Phi) is 5.18. The smallest absolute Gasteiger partial charge is 0.338 e. The van der Waals surface area contributed by atoms with Gasteiger partial charge in [0.15, 0.2) is 0 Å². The number of halogens is 3. The van der Waals surface area contributed by atoms with Crippen LogP contribution in [0.4, 0.5) is 8.78 Å². The maximum absolute atomic E-state index is 14.4. The highest BCUT2D eigenvalue weighted by Gasteiger charge is 2.48. The first-order valence-corrected chi connectivity index (χ1v) is 11.1. The maximum atomic E-state index is 14.4. The third kappa shape index (κ3) is 3.80. The fourth-order valence-corrected chi connectivity index (χ4v) is 5.64. The lowest BCUT2D eigenvalue weighted by atomic mass is 10.0. The zero-order valence-corrected chi connectivity index (χ0v) is 17.9. The average Bonchev–Trinajstić information content (AvgIpc) is 3.36. The van der Waals surface area contributed by atoms with Crippen LogP contribution in [0.3, 0.4) is 0 Å². The molecule has 0 unspecified atom stereocenters. The van der Waals surface area contributed by atoms with Crippen LogP contribution in [0, 0.1) is 17.6 Å². The predicted molar refractivity (Wildman–Crippen MR) is 113 cm³/mol. The molecule has 3 fully saturated rings. The molecule has 7 heteroatoms. The van der Waals surface area contributed by atoms with Crippen LogP contribution in [0.1, 0.15) is 66.1 Å². The van der Waals surface area contributed by atoms with Gasteiger partial charge in [-0.15, -0.1) is 0 Å². The van der Waals surface area contributed by atoms with E-state index in [0.717, 1.165) is 43.4 Å². The van der Waals surface area contributed by atoms with Gasteiger partial charge in [-0.2, -0.15) is 0 Å². The van der Waals surface area contributed by atoms with Crippen LogP contribution in [-0.2, 0) is 0 Å². The number of nitrogens with zero attached hydrogens (tertiary/aromatic N) is 1. The van der Waals surface area contributed by atoms with Crippen molar-refractivity contribution < 1.29 is 23.4 Å². The van der Waals surface area contributed by atoms with Crippen LogP contribution in [-0.4, -0.2) is 34.7 Å². The number of carboxylic acid groups (broad SMARTS) is 1. The molecule has 2 saturated carbocycles. The Balaban J connectivity index is 1.39. The molecule has 2 bridgehead atoms. The normalized spacial score (nSPS) is 26.3. The van der Waals surface area contributed by atoms with Crippen molar-refractivity contribution in [1.29, 1.82) is 0 Å². The minimum atomic E-state index is -1.26. The highest BCUT2D eigenvalue weighted by atomic mass is 35.5. The number of carboxylic acids is 1. The second-order valence-corrected chi connectivity index (χ2v) is 9.46. The molecule has 1 aliphatic heterocycles. The number of fused-ring (bicyclic) bond motifs is 2. The number of benzene rings is 2. The van der Waals surface area contributed by atoms with Crippen LogP contribution in [0.2, 0.25) is 5.02 Å². The zero-order valence-electron chi connectivity index (χ0n) is 17.2. The van der Waals surface area contributed by atoms with Gasteiger partial charge in [-0.1, -0.05) is 17.7 Å². The van der Waals surface area contributed by atoms with E-state index in [9.17, 15) is 18.7 Å². The van der Waals surface area contributed by atoms with Crippen LogP contribution >= 0.6 is 11.6 Å². The van der Waals surface area contributed by atoms with Crippen molar-refractivity contribution >= 4 is 17.6 Å². The average molecular weight is 448 g/mol. The molecule has 31 heavy (non-hydrogen) atoms. The van der Waals surface area contributed by atoms with Gasteiger partial charge in [0.25, 0.3) is 0 Å². The zero-order chi connectivity index (χ0) is 21.9. The van der Waals surface area contributed by atoms with Crippen molar-refractivity contribution in [3.05, 3.63) is 63.7 Å². The molecule has 164 valence electrons. The second kappa shape index (κ2) is 7.75. The van der Waals surface area contributed by atoms with Gasteiger partial charge in [0.2, 0.25) is 0 Å². The summed E-state index contributed by atoms with van der Waals surface area (Å²) >= 11 is 6.30. The van der Waals surface area contributed by atoms with Crippen molar-refractivity contribution in [1.82, 2.24) is 4.90 Å². The molecule has 1 saturated heterocycles. The van der Waals surface area contributed by atoms with Crippen molar-refractivity contribution in [2.75, 3.05) is 6.54 Å². The highest BCUT2D eigenvalue weighted by Crippen LogP contribution is 2.48. The Labute approximate surface area is 184 Å². The van der Waals surface area contributed by atoms with E-state index in [1.54, 1.807) is 6.07 Å². The van der Waals surface area contributed by atoms with E-state index >= 15 is 0 Å². The lowest BCUT2D eigenvalue weighted by Gasteiger charge is -2.38. The molecular formula is C24H24ClF2NO3. The van der Waals surface area contributed by atoms with E-state index in [4.69, 9.17) is 16.3 Å². The first-order valence-electron chi connectivity index (χ1n) is 10.8. The third-order valence-electron chi connectivity index (χ3n) is 7.00. The molecule has 2 aromatic carbocycles. The van der Waals surface area contributed by atoms with Crippen molar-refractivity contribution in [2.45, 2.75) is 56.7 Å². The standard InChI is InChI=1S/C24H24ClF2NO3/c1-12(16-5-4-15(26)8-19(16)25)28-11-13-6-21(28)23(7-13)31-22-10-20(27)18(24(29)30)9-17(22)14-2-3-14/h4-5,8-10,12-14,21,23H,2-3,6-7,11H2,1H3,(H,29,30)/t12-,13-,21+,23+/m0/s1. The van der Waals surface area contributed by atoms with Crippen LogP contribution < -0.4 is 4.74 Å². The summed E-state index contributed by atoms with van der Waals surface area (Å²) in [6.45, 7) is 2.98. The minimum Gasteiger partial charge on any atom is -0.488 e. The van der Waals surface area contributed by atoms with E-state index < -0.39 is 11.8 Å². The van der Waals surface area contributed by atoms with Gasteiger partial charge in [-0.05, 0) is 73.8 Å². The summed E-state index contributed by atoms with van der Waals surface area (Å²) in [5, 5.41) is 9.69. The van der Waals surface area contributed by atoms with Gasteiger partial charge in [0.05, 0.1) is 5.56 Å². The molecule has 3 aliphatic rings. The predicted octanol–water partition coefficient (Wildman–Crippen LogP) is 5.80. The summed E-state index contributed by atoms with van der Waals surface area (Å²) in [5.74, 6) is -1.20. The van der Waals surface area contributed by atoms with E-state index in [1.807, 2.05) is 0 Å². The lowest BCUT2D eigenvalue weighted by Crippen LogP contribution is -2.45. The largest absolute Gasteiger partial charge is 0.488 e. The van der Waals surface area contributed by atoms with Gasteiger partial charge in [0.1, 0.15) is 23.5 Å². The summed E-state index contributed by atoms with van der Waals surface area (Å²) in [6, 6.07) is 7.33. The number of piperidine rings is 1. The number of ether oxygens (including phenoxy) is 1. The molecule has 1 heterocycles. The van der Waals surface area contributed by atoms with Crippen LogP contribution in [0.5, 0.6) is 5.75 Å². The molecule has 4 atom stereocenters. The molecule has 2 aliphatic carbocycles. The van der Waals surface area contributed by atoms with E-state index in [2.05, 4.69) is 11.8 Å². The van der Waals surface area contributed by atoms with Crippen LogP contribution in [0.25, 0.3) is 0 Å². The fourth-order valence-electron chi connectivity index (χ4n) is 5.31. The summed E-state index contributed by atoms with van der Waals surface area (Å²) in [6.07, 6.45) is 3.70. The second-order valence-electron chi connectivity index (χ2n) is 9.05. The molecule has 0 aromatic heterocycles. The Morgan fingerprint density at radius 1 is 1.23 bits per heavy atom. The number of likely N-dealkylation sites (tertiary alicyclic amines) is 1. The molecule has 4 nitrogen and oxygen atoms in total. The molecule has 1 N–H and O–H groups in total. The van der Waals surface area contributed by atoms with Crippen molar-refractivity contribution in [3.63, 3.8) is 0 Å². The molecular weight excluding hydrogens is 424 g/mol. The molecule has 0 radical (unpaired) electrons. The Bertz CT molecular complexity index is 1040. The highest BCUT2D eigenvalue weighted by molar-refractivity contribution is 6.31. The SMILES string of the molecule is C[C@@H](c1ccc(F)cc1Cl)N1C[C@H]2C[C@@H]1[C@H](Oc1cc(F)c(C(=O)O)cc1C1CC1)C2. The Hall–Kier alpha value is -2.18. The number of carbonyl (C=O) groups is 1. The number of aromatic carboxylic acids is 1. The topological polar surface area (TPSA) is 49.8 Å². The Morgan fingerprint density at radius 3 is 2.65 bits per heavy atom. The summed E-state index contributed by atoms with van der Waals surface area (Å²) in [4.78, 5) is 13.7. The van der Waals surface area contributed by atoms with Gasteiger partial charge in [0, 0.05) is 29.7 Å². The first kappa shape index (κ1) is 20.7. The molecule has 5 rings (SSSR count). The van der Waals surface area contributed by atoms with E-state index in [1.165, 1.54) is 24.3 Å². The van der Waals surface area contributed by atoms with Gasteiger partial charge >= 0.3 is 5.97 Å². The van der Waals surface area contributed by atoms with Gasteiger partial charge in [-0.3, -0.25) is 4.90 Å². The van der Waals surface area contributed by atoms with Crippen molar-refractivity contribution in [2.24, 2.45) is 5.92 Å². The van der Waals surface area contributed by atoms with E-state index in [-0.39, 0.29) is 35.5 Å². The van der Waals surface area contributed by atoms with Gasteiger partial charge in [-0.25, -0.2) is 13.6 Å². The molecule has 0 spiro atoms. The van der Waals surface area contributed by atoms with Crippen LogP contribution in [0.15, 0.2) is 30.3 Å². The Morgan fingerprint density at radius 2 is 2.00 bits per heavy atom. The maximum Gasteiger partial charge on any atom is 0.338 e. The monoisotopic (exact) mass is 447 g/mol. The molecule has 2 aromatic rings. The molecule has 0 amide bonds. The summed E-state index contributed by atoms with van der Waals surface area (Å²) in [7, 11) is 0.